The van der Waals surface area contributed by atoms with Crippen LogP contribution in [0.15, 0.2) is 18.2 Å². The molecule has 0 aromatic heterocycles. The highest BCUT2D eigenvalue weighted by molar-refractivity contribution is 9.09. The lowest BCUT2D eigenvalue weighted by Crippen LogP contribution is -2.16. The van der Waals surface area contributed by atoms with Gasteiger partial charge in [-0.3, -0.25) is 10.1 Å². The third-order valence-corrected chi connectivity index (χ3v) is 6.50. The van der Waals surface area contributed by atoms with Gasteiger partial charge in [-0.05, 0) is 61.5 Å². The number of nitriles is 1. The summed E-state index contributed by atoms with van der Waals surface area (Å²) in [5.41, 5.74) is 1.57. The fourth-order valence-electron chi connectivity index (χ4n) is 4.27. The van der Waals surface area contributed by atoms with Crippen LogP contribution in [-0.2, 0) is 0 Å². The number of nitrogens with zero attached hydrogens (tertiary/aromatic N) is 2. The third-order valence-electron chi connectivity index (χ3n) is 5.37. The summed E-state index contributed by atoms with van der Waals surface area (Å²) in [6.45, 7) is 0. The van der Waals surface area contributed by atoms with Gasteiger partial charge in [0.05, 0.1) is 16.6 Å². The second-order valence-corrected chi connectivity index (χ2v) is 7.70. The Morgan fingerprint density at radius 3 is 2.73 bits per heavy atom. The second kappa shape index (κ2) is 6.37. The van der Waals surface area contributed by atoms with Gasteiger partial charge in [-0.1, -0.05) is 22.4 Å². The van der Waals surface area contributed by atoms with Crippen LogP contribution in [0.1, 0.15) is 55.6 Å². The van der Waals surface area contributed by atoms with Crippen LogP contribution in [-0.4, -0.2) is 9.75 Å². The van der Waals surface area contributed by atoms with E-state index in [1.54, 1.807) is 12.1 Å². The molecule has 4 nitrogen and oxygen atoms in total. The summed E-state index contributed by atoms with van der Waals surface area (Å²) < 4.78 is 0. The van der Waals surface area contributed by atoms with Crippen molar-refractivity contribution in [2.24, 2.45) is 11.8 Å². The molecule has 1 aromatic rings. The largest absolute Gasteiger partial charge is 0.269 e. The fourth-order valence-corrected chi connectivity index (χ4v) is 5.29. The first kappa shape index (κ1) is 15.5. The summed E-state index contributed by atoms with van der Waals surface area (Å²) in [5, 5.41) is 20.3. The Labute approximate surface area is 138 Å². The molecule has 0 bridgehead atoms. The smallest absolute Gasteiger partial charge is 0.258 e. The Bertz CT molecular complexity index is 626. The van der Waals surface area contributed by atoms with Gasteiger partial charge in [-0.15, -0.1) is 0 Å². The number of nitro benzene ring substituents is 1. The molecule has 3 rings (SSSR count). The van der Waals surface area contributed by atoms with Gasteiger partial charge in [0.25, 0.3) is 5.69 Å². The molecule has 0 radical (unpaired) electrons. The second-order valence-electron chi connectivity index (χ2n) is 6.52. The standard InChI is InChI=1S/C17H19BrN2O2/c18-17-3-1-2-15(17)11-4-5-12(8-11)16-9-14(20(21)22)7-6-13(16)10-19/h6-7,9,11-12,15,17H,1-5,8H2. The van der Waals surface area contributed by atoms with Gasteiger partial charge < -0.3 is 0 Å². The summed E-state index contributed by atoms with van der Waals surface area (Å²) in [6.07, 6.45) is 7.10. The first-order valence-electron chi connectivity index (χ1n) is 7.92. The molecule has 22 heavy (non-hydrogen) atoms. The molecule has 4 atom stereocenters. The normalized spacial score (nSPS) is 31.1. The molecule has 2 fully saturated rings. The molecule has 0 heterocycles. The Morgan fingerprint density at radius 2 is 2.09 bits per heavy atom. The van der Waals surface area contributed by atoms with Crippen LogP contribution >= 0.6 is 15.9 Å². The Morgan fingerprint density at radius 1 is 1.27 bits per heavy atom. The highest BCUT2D eigenvalue weighted by atomic mass is 79.9. The molecule has 0 spiro atoms. The Kier molecular flexibility index (Phi) is 4.49. The molecule has 2 saturated carbocycles. The molecule has 2 aliphatic carbocycles. The van der Waals surface area contributed by atoms with Crippen LogP contribution < -0.4 is 0 Å². The maximum atomic E-state index is 11.0. The lowest BCUT2D eigenvalue weighted by Gasteiger charge is -2.22. The van der Waals surface area contributed by atoms with E-state index < -0.39 is 0 Å². The molecule has 0 aliphatic heterocycles. The van der Waals surface area contributed by atoms with E-state index in [1.165, 1.54) is 31.7 Å². The van der Waals surface area contributed by atoms with Crippen molar-refractivity contribution in [2.45, 2.75) is 49.3 Å². The van der Waals surface area contributed by atoms with Crippen LogP contribution in [0, 0.1) is 33.3 Å². The van der Waals surface area contributed by atoms with Crippen LogP contribution in [0.5, 0.6) is 0 Å². The van der Waals surface area contributed by atoms with E-state index in [9.17, 15) is 15.4 Å². The fraction of sp³-hybridized carbons (Fsp3) is 0.588. The van der Waals surface area contributed by atoms with Crippen LogP contribution in [0.2, 0.25) is 0 Å². The van der Waals surface area contributed by atoms with Crippen molar-refractivity contribution >= 4 is 21.6 Å². The Hall–Kier alpha value is -1.41. The minimum atomic E-state index is -0.372. The summed E-state index contributed by atoms with van der Waals surface area (Å²) >= 11 is 3.81. The number of hydrogen-bond acceptors (Lipinski definition) is 3. The molecule has 116 valence electrons. The van der Waals surface area contributed by atoms with E-state index in [-0.39, 0.29) is 10.6 Å². The minimum absolute atomic E-state index is 0.0942. The maximum absolute atomic E-state index is 11.0. The summed E-state index contributed by atoms with van der Waals surface area (Å²) in [4.78, 5) is 11.3. The topological polar surface area (TPSA) is 66.9 Å². The first-order chi connectivity index (χ1) is 10.6. The van der Waals surface area contributed by atoms with Crippen molar-refractivity contribution < 1.29 is 4.92 Å². The molecule has 0 amide bonds. The van der Waals surface area contributed by atoms with Crippen molar-refractivity contribution in [3.63, 3.8) is 0 Å². The molecular formula is C17H19BrN2O2. The van der Waals surface area contributed by atoms with Crippen LogP contribution in [0.25, 0.3) is 0 Å². The molecular weight excluding hydrogens is 344 g/mol. The number of non-ortho nitro benzene ring substituents is 1. The van der Waals surface area contributed by atoms with E-state index in [0.717, 1.165) is 24.3 Å². The van der Waals surface area contributed by atoms with Gasteiger partial charge in [-0.25, -0.2) is 0 Å². The number of benzene rings is 1. The molecule has 5 heteroatoms. The van der Waals surface area contributed by atoms with Gasteiger partial charge in [0, 0.05) is 17.0 Å². The van der Waals surface area contributed by atoms with Crippen molar-refractivity contribution in [1.29, 1.82) is 5.26 Å². The highest BCUT2D eigenvalue weighted by Gasteiger charge is 2.37. The summed E-state index contributed by atoms with van der Waals surface area (Å²) in [5.74, 6) is 1.71. The summed E-state index contributed by atoms with van der Waals surface area (Å²) in [6, 6.07) is 6.85. The number of halogens is 1. The minimum Gasteiger partial charge on any atom is -0.258 e. The molecule has 2 aliphatic rings. The Balaban J connectivity index is 1.81. The van der Waals surface area contributed by atoms with E-state index in [1.807, 2.05) is 0 Å². The van der Waals surface area contributed by atoms with Crippen molar-refractivity contribution in [3.8, 4) is 6.07 Å². The highest BCUT2D eigenvalue weighted by Crippen LogP contribution is 2.48. The molecule has 0 N–H and O–H groups in total. The lowest BCUT2D eigenvalue weighted by molar-refractivity contribution is -0.384. The zero-order chi connectivity index (χ0) is 15.7. The van der Waals surface area contributed by atoms with Gasteiger partial charge in [0.1, 0.15) is 0 Å². The molecule has 0 saturated heterocycles. The predicted octanol–water partition coefficient (Wildman–Crippen LogP) is 4.91. The van der Waals surface area contributed by atoms with Crippen LogP contribution in [0.4, 0.5) is 5.69 Å². The summed E-state index contributed by atoms with van der Waals surface area (Å²) in [7, 11) is 0. The van der Waals surface area contributed by atoms with Crippen LogP contribution in [0.3, 0.4) is 0 Å². The van der Waals surface area contributed by atoms with Crippen molar-refractivity contribution in [2.75, 3.05) is 0 Å². The van der Waals surface area contributed by atoms with E-state index in [4.69, 9.17) is 0 Å². The zero-order valence-corrected chi connectivity index (χ0v) is 14.0. The first-order valence-corrected chi connectivity index (χ1v) is 8.84. The number of alkyl halides is 1. The number of hydrogen-bond donors (Lipinski definition) is 0. The van der Waals surface area contributed by atoms with Crippen molar-refractivity contribution in [1.82, 2.24) is 0 Å². The monoisotopic (exact) mass is 362 g/mol. The SMILES string of the molecule is N#Cc1ccc([N+](=O)[O-])cc1C1CCC(C2CCCC2Br)C1. The average molecular weight is 363 g/mol. The van der Waals surface area contributed by atoms with Gasteiger partial charge in [0.15, 0.2) is 0 Å². The van der Waals surface area contributed by atoms with Gasteiger partial charge in [0.2, 0.25) is 0 Å². The number of nitro groups is 1. The molecule has 4 unspecified atom stereocenters. The van der Waals surface area contributed by atoms with Gasteiger partial charge in [-0.2, -0.15) is 5.26 Å². The maximum Gasteiger partial charge on any atom is 0.269 e. The average Bonchev–Trinajstić information content (AvgIpc) is 3.14. The quantitative estimate of drug-likeness (QED) is 0.435. The third kappa shape index (κ3) is 2.89. The predicted molar refractivity (Wildman–Crippen MR) is 87.9 cm³/mol. The number of rotatable bonds is 3. The van der Waals surface area contributed by atoms with E-state index in [2.05, 4.69) is 22.0 Å². The van der Waals surface area contributed by atoms with Crippen molar-refractivity contribution in [3.05, 3.63) is 39.4 Å². The zero-order valence-electron chi connectivity index (χ0n) is 12.4. The molecule has 1 aromatic carbocycles. The van der Waals surface area contributed by atoms with Gasteiger partial charge >= 0.3 is 0 Å². The van der Waals surface area contributed by atoms with E-state index in [0.29, 0.717) is 22.2 Å². The van der Waals surface area contributed by atoms with E-state index >= 15 is 0 Å². The lowest BCUT2D eigenvalue weighted by atomic mass is 9.86.